The molecule has 0 saturated heterocycles. The van der Waals surface area contributed by atoms with Gasteiger partial charge in [0.1, 0.15) is 0 Å². The molecule has 0 aliphatic heterocycles. The van der Waals surface area contributed by atoms with E-state index in [2.05, 4.69) is 73.2 Å². The molecule has 0 aliphatic carbocycles. The van der Waals surface area contributed by atoms with Gasteiger partial charge in [-0.15, -0.1) is 0 Å². The second-order valence-electron chi connectivity index (χ2n) is 6.50. The Morgan fingerprint density at radius 2 is 1.70 bits per heavy atom. The zero-order valence-corrected chi connectivity index (χ0v) is 15.0. The maximum Gasteiger partial charge on any atom is 0.0175 e. The molecular weight excluding hydrogens is 310 g/mol. The van der Waals surface area contributed by atoms with Crippen LogP contribution in [0.1, 0.15) is 46.1 Å². The fourth-order valence-electron chi connectivity index (χ4n) is 2.50. The maximum atomic E-state index is 3.64. The Balaban J connectivity index is 2.54. The van der Waals surface area contributed by atoms with Gasteiger partial charge in [0.15, 0.2) is 0 Å². The number of halogens is 1. The van der Waals surface area contributed by atoms with Gasteiger partial charge in [0.05, 0.1) is 0 Å². The fraction of sp³-hybridized carbons (Fsp3) is 0.667. The van der Waals surface area contributed by atoms with Crippen molar-refractivity contribution < 1.29 is 0 Å². The van der Waals surface area contributed by atoms with Crippen molar-refractivity contribution in [2.45, 2.75) is 47.0 Å². The molecule has 0 aromatic heterocycles. The molecule has 0 spiro atoms. The van der Waals surface area contributed by atoms with Crippen molar-refractivity contribution in [3.8, 4) is 0 Å². The largest absolute Gasteiger partial charge is 0.316 e. The topological polar surface area (TPSA) is 12.0 Å². The Hall–Kier alpha value is -0.340. The molecule has 2 heteroatoms. The second-order valence-corrected chi connectivity index (χ2v) is 7.41. The van der Waals surface area contributed by atoms with E-state index in [1.54, 1.807) is 0 Å². The van der Waals surface area contributed by atoms with Crippen molar-refractivity contribution in [1.82, 2.24) is 5.32 Å². The summed E-state index contributed by atoms with van der Waals surface area (Å²) in [6.07, 6.45) is 3.78. The predicted molar refractivity (Wildman–Crippen MR) is 93.1 cm³/mol. The fourth-order valence-corrected chi connectivity index (χ4v) is 2.77. The van der Waals surface area contributed by atoms with Crippen LogP contribution in [0, 0.1) is 17.8 Å². The van der Waals surface area contributed by atoms with Gasteiger partial charge < -0.3 is 5.32 Å². The van der Waals surface area contributed by atoms with E-state index in [-0.39, 0.29) is 0 Å². The van der Waals surface area contributed by atoms with Crippen LogP contribution in [0.5, 0.6) is 0 Å². The highest BCUT2D eigenvalue weighted by molar-refractivity contribution is 9.10. The minimum Gasteiger partial charge on any atom is -0.316 e. The van der Waals surface area contributed by atoms with Crippen molar-refractivity contribution in [3.63, 3.8) is 0 Å². The monoisotopic (exact) mass is 339 g/mol. The molecule has 0 aliphatic rings. The second kappa shape index (κ2) is 9.57. The summed E-state index contributed by atoms with van der Waals surface area (Å²) in [6.45, 7) is 11.5. The minimum absolute atomic E-state index is 0.729. The molecule has 0 saturated carbocycles. The van der Waals surface area contributed by atoms with Crippen LogP contribution >= 0.6 is 15.9 Å². The molecule has 1 aromatic rings. The minimum atomic E-state index is 0.729. The first-order valence-corrected chi connectivity index (χ1v) is 8.75. The zero-order chi connectivity index (χ0) is 15.0. The van der Waals surface area contributed by atoms with E-state index in [9.17, 15) is 0 Å². The molecule has 2 atom stereocenters. The van der Waals surface area contributed by atoms with Gasteiger partial charge in [0.2, 0.25) is 0 Å². The quantitative estimate of drug-likeness (QED) is 0.644. The molecule has 20 heavy (non-hydrogen) atoms. The number of hydrogen-bond donors (Lipinski definition) is 1. The first-order chi connectivity index (χ1) is 9.51. The number of benzene rings is 1. The van der Waals surface area contributed by atoms with Crippen molar-refractivity contribution in [2.75, 3.05) is 13.1 Å². The lowest BCUT2D eigenvalue weighted by Crippen LogP contribution is -2.28. The first kappa shape index (κ1) is 17.7. The third-order valence-corrected chi connectivity index (χ3v) is 4.38. The lowest BCUT2D eigenvalue weighted by atomic mass is 9.89. The Morgan fingerprint density at radius 1 is 1.05 bits per heavy atom. The molecule has 1 aromatic carbocycles. The van der Waals surface area contributed by atoms with Crippen molar-refractivity contribution in [2.24, 2.45) is 17.8 Å². The standard InChI is InChI=1S/C18H30BrN/c1-5-15(4)10-17(13-20-12-14(2)3)11-16-6-8-18(19)9-7-16/h6-9,14-15,17,20H,5,10-13H2,1-4H3. The molecule has 1 N–H and O–H groups in total. The SMILES string of the molecule is CCC(C)CC(CNCC(C)C)Cc1ccc(Br)cc1. The summed E-state index contributed by atoms with van der Waals surface area (Å²) in [7, 11) is 0. The highest BCUT2D eigenvalue weighted by atomic mass is 79.9. The summed E-state index contributed by atoms with van der Waals surface area (Å²) < 4.78 is 1.16. The van der Waals surface area contributed by atoms with Gasteiger partial charge in [-0.2, -0.15) is 0 Å². The average Bonchev–Trinajstić information content (AvgIpc) is 2.40. The van der Waals surface area contributed by atoms with Gasteiger partial charge >= 0.3 is 0 Å². The molecule has 114 valence electrons. The van der Waals surface area contributed by atoms with Crippen LogP contribution in [0.4, 0.5) is 0 Å². The Kier molecular flexibility index (Phi) is 8.47. The lowest BCUT2D eigenvalue weighted by molar-refractivity contribution is 0.356. The van der Waals surface area contributed by atoms with Crippen LogP contribution in [-0.4, -0.2) is 13.1 Å². The van der Waals surface area contributed by atoms with Crippen molar-refractivity contribution in [3.05, 3.63) is 34.3 Å². The van der Waals surface area contributed by atoms with Crippen LogP contribution in [0.15, 0.2) is 28.7 Å². The van der Waals surface area contributed by atoms with Gasteiger partial charge in [0, 0.05) is 4.47 Å². The third-order valence-electron chi connectivity index (χ3n) is 3.86. The van der Waals surface area contributed by atoms with E-state index in [4.69, 9.17) is 0 Å². The third kappa shape index (κ3) is 7.44. The Bertz CT molecular complexity index is 358. The number of nitrogens with one attached hydrogen (secondary N) is 1. The molecule has 1 nitrogen and oxygen atoms in total. The van der Waals surface area contributed by atoms with Gasteiger partial charge in [-0.05, 0) is 61.4 Å². The molecule has 2 unspecified atom stereocenters. The maximum absolute atomic E-state index is 3.64. The van der Waals surface area contributed by atoms with Gasteiger partial charge in [-0.25, -0.2) is 0 Å². The zero-order valence-electron chi connectivity index (χ0n) is 13.5. The smallest absolute Gasteiger partial charge is 0.0175 e. The van der Waals surface area contributed by atoms with Crippen LogP contribution in [0.3, 0.4) is 0 Å². The average molecular weight is 340 g/mol. The van der Waals surface area contributed by atoms with Crippen molar-refractivity contribution >= 4 is 15.9 Å². The summed E-state index contributed by atoms with van der Waals surface area (Å²) in [5.74, 6) is 2.29. The van der Waals surface area contributed by atoms with Crippen LogP contribution < -0.4 is 5.32 Å². The molecule has 0 radical (unpaired) electrons. The predicted octanol–water partition coefficient (Wildman–Crippen LogP) is 5.29. The summed E-state index contributed by atoms with van der Waals surface area (Å²) in [5.41, 5.74) is 1.45. The molecule has 0 bridgehead atoms. The van der Waals surface area contributed by atoms with E-state index in [0.717, 1.165) is 35.3 Å². The highest BCUT2D eigenvalue weighted by Crippen LogP contribution is 2.20. The molecule has 0 amide bonds. The van der Waals surface area contributed by atoms with E-state index in [1.165, 1.54) is 24.8 Å². The van der Waals surface area contributed by atoms with Crippen LogP contribution in [-0.2, 0) is 6.42 Å². The lowest BCUT2D eigenvalue weighted by Gasteiger charge is -2.21. The van der Waals surface area contributed by atoms with E-state index >= 15 is 0 Å². The highest BCUT2D eigenvalue weighted by Gasteiger charge is 2.13. The summed E-state index contributed by atoms with van der Waals surface area (Å²) >= 11 is 3.51. The van der Waals surface area contributed by atoms with Gasteiger partial charge in [0.25, 0.3) is 0 Å². The summed E-state index contributed by atoms with van der Waals surface area (Å²) in [4.78, 5) is 0. The molecule has 0 fully saturated rings. The normalized spacial score (nSPS) is 14.5. The molecular formula is C18H30BrN. The number of rotatable bonds is 9. The Labute approximate surface area is 133 Å². The van der Waals surface area contributed by atoms with Crippen LogP contribution in [0.25, 0.3) is 0 Å². The van der Waals surface area contributed by atoms with E-state index in [1.807, 2.05) is 0 Å². The first-order valence-electron chi connectivity index (χ1n) is 7.96. The summed E-state index contributed by atoms with van der Waals surface area (Å²) in [6, 6.07) is 8.79. The van der Waals surface area contributed by atoms with Gasteiger partial charge in [-0.3, -0.25) is 0 Å². The van der Waals surface area contributed by atoms with E-state index in [0.29, 0.717) is 0 Å². The van der Waals surface area contributed by atoms with Crippen molar-refractivity contribution in [1.29, 1.82) is 0 Å². The van der Waals surface area contributed by atoms with E-state index < -0.39 is 0 Å². The number of hydrogen-bond acceptors (Lipinski definition) is 1. The Morgan fingerprint density at radius 3 is 2.25 bits per heavy atom. The molecule has 1 rings (SSSR count). The van der Waals surface area contributed by atoms with Gasteiger partial charge in [-0.1, -0.05) is 62.2 Å². The van der Waals surface area contributed by atoms with Crippen LogP contribution in [0.2, 0.25) is 0 Å². The molecule has 0 heterocycles. The summed E-state index contributed by atoms with van der Waals surface area (Å²) in [5, 5.41) is 3.64.